The highest BCUT2D eigenvalue weighted by molar-refractivity contribution is 7.16. The summed E-state index contributed by atoms with van der Waals surface area (Å²) in [4.78, 5) is 25.9. The molecule has 118 valence electrons. The van der Waals surface area contributed by atoms with Gasteiger partial charge in [-0.2, -0.15) is 0 Å². The first kappa shape index (κ1) is 17.5. The van der Waals surface area contributed by atoms with Gasteiger partial charge in [0, 0.05) is 18.0 Å². The molecule has 1 N–H and O–H groups in total. The molecule has 21 heavy (non-hydrogen) atoms. The first-order valence-electron chi connectivity index (χ1n) is 7.23. The van der Waals surface area contributed by atoms with Crippen LogP contribution in [0.4, 0.5) is 5.00 Å². The second kappa shape index (κ2) is 8.67. The summed E-state index contributed by atoms with van der Waals surface area (Å²) < 4.78 is 5.09. The number of unbranched alkanes of at least 4 members (excludes halogenated alkanes) is 1. The Morgan fingerprint density at radius 3 is 2.62 bits per heavy atom. The molecule has 0 fully saturated rings. The van der Waals surface area contributed by atoms with Crippen LogP contribution in [-0.4, -0.2) is 36.7 Å². The molecule has 0 aromatic carbocycles. The number of nitrogens with zero attached hydrogens (tertiary/aromatic N) is 1. The number of rotatable bonds is 9. The first-order chi connectivity index (χ1) is 9.99. The number of carbonyl (C=O) groups excluding carboxylic acids is 1. The minimum absolute atomic E-state index is 0.0585. The standard InChI is InChI=1S/C15H23NO4S/c1-4-6-8-16(9-7-13(17)18)14-12(10-11(3)21-14)15(19)20-5-2/h10H,4-9H2,1-3H3,(H,17,18). The van der Waals surface area contributed by atoms with Crippen molar-refractivity contribution < 1.29 is 19.4 Å². The molecule has 0 amide bonds. The van der Waals surface area contributed by atoms with Crippen LogP contribution < -0.4 is 4.90 Å². The minimum Gasteiger partial charge on any atom is -0.481 e. The fourth-order valence-corrected chi connectivity index (χ4v) is 3.03. The summed E-state index contributed by atoms with van der Waals surface area (Å²) in [6.07, 6.45) is 2.03. The topological polar surface area (TPSA) is 66.8 Å². The molecule has 0 saturated carbocycles. The monoisotopic (exact) mass is 313 g/mol. The fourth-order valence-electron chi connectivity index (χ4n) is 1.99. The molecule has 1 aromatic heterocycles. The molecular weight excluding hydrogens is 290 g/mol. The number of ether oxygens (including phenoxy) is 1. The lowest BCUT2D eigenvalue weighted by molar-refractivity contribution is -0.136. The van der Waals surface area contributed by atoms with Gasteiger partial charge >= 0.3 is 11.9 Å². The SMILES string of the molecule is CCCCN(CCC(=O)O)c1sc(C)cc1C(=O)OCC. The first-order valence-corrected chi connectivity index (χ1v) is 8.05. The molecule has 6 heteroatoms. The molecule has 0 aliphatic rings. The molecule has 0 bridgehead atoms. The van der Waals surface area contributed by atoms with Gasteiger partial charge in [0.15, 0.2) is 0 Å². The Hall–Kier alpha value is -1.56. The number of aryl methyl sites for hydroxylation is 1. The van der Waals surface area contributed by atoms with Crippen LogP contribution in [0.5, 0.6) is 0 Å². The molecule has 1 heterocycles. The molecule has 0 aliphatic carbocycles. The Balaban J connectivity index is 2.98. The number of carbonyl (C=O) groups is 2. The van der Waals surface area contributed by atoms with E-state index in [4.69, 9.17) is 9.84 Å². The van der Waals surface area contributed by atoms with Crippen molar-refractivity contribution in [1.29, 1.82) is 0 Å². The normalized spacial score (nSPS) is 10.4. The van der Waals surface area contributed by atoms with Crippen LogP contribution in [0.3, 0.4) is 0 Å². The smallest absolute Gasteiger partial charge is 0.341 e. The number of thiophene rings is 1. The van der Waals surface area contributed by atoms with E-state index < -0.39 is 5.97 Å². The van der Waals surface area contributed by atoms with E-state index in [2.05, 4.69) is 6.92 Å². The van der Waals surface area contributed by atoms with Crippen molar-refractivity contribution in [3.05, 3.63) is 16.5 Å². The maximum Gasteiger partial charge on any atom is 0.341 e. The van der Waals surface area contributed by atoms with Crippen LogP contribution in [0.2, 0.25) is 0 Å². The van der Waals surface area contributed by atoms with E-state index >= 15 is 0 Å². The van der Waals surface area contributed by atoms with Gasteiger partial charge in [-0.25, -0.2) is 4.79 Å². The Morgan fingerprint density at radius 2 is 2.05 bits per heavy atom. The van der Waals surface area contributed by atoms with E-state index in [0.717, 1.165) is 29.3 Å². The van der Waals surface area contributed by atoms with E-state index in [-0.39, 0.29) is 12.4 Å². The van der Waals surface area contributed by atoms with Gasteiger partial charge in [0.2, 0.25) is 0 Å². The van der Waals surface area contributed by atoms with Crippen molar-refractivity contribution in [3.63, 3.8) is 0 Å². The third kappa shape index (κ3) is 5.38. The third-order valence-corrected chi connectivity index (χ3v) is 4.11. The van der Waals surface area contributed by atoms with E-state index in [0.29, 0.717) is 18.7 Å². The number of aliphatic carboxylic acids is 1. The Kier molecular flexibility index (Phi) is 7.22. The summed E-state index contributed by atoms with van der Waals surface area (Å²) in [6, 6.07) is 1.82. The fraction of sp³-hybridized carbons (Fsp3) is 0.600. The Labute approximate surface area is 129 Å². The Bertz CT molecular complexity index is 484. The van der Waals surface area contributed by atoms with Crippen molar-refractivity contribution in [2.24, 2.45) is 0 Å². The van der Waals surface area contributed by atoms with Crippen molar-refractivity contribution in [2.75, 3.05) is 24.6 Å². The lowest BCUT2D eigenvalue weighted by Crippen LogP contribution is -2.28. The molecule has 0 atom stereocenters. The Morgan fingerprint density at radius 1 is 1.33 bits per heavy atom. The predicted octanol–water partition coefficient (Wildman–Crippen LogP) is 3.31. The van der Waals surface area contributed by atoms with E-state index in [1.54, 1.807) is 6.92 Å². The summed E-state index contributed by atoms with van der Waals surface area (Å²) in [5, 5.41) is 9.71. The van der Waals surface area contributed by atoms with Gasteiger partial charge in [-0.3, -0.25) is 4.79 Å². The molecule has 0 spiro atoms. The zero-order chi connectivity index (χ0) is 15.8. The summed E-state index contributed by atoms with van der Waals surface area (Å²) in [5.41, 5.74) is 0.542. The van der Waals surface area contributed by atoms with E-state index in [9.17, 15) is 9.59 Å². The third-order valence-electron chi connectivity index (χ3n) is 3.00. The highest BCUT2D eigenvalue weighted by atomic mass is 32.1. The average molecular weight is 313 g/mol. The molecule has 1 rings (SSSR count). The van der Waals surface area contributed by atoms with Gasteiger partial charge in [0.25, 0.3) is 0 Å². The van der Waals surface area contributed by atoms with Crippen LogP contribution >= 0.6 is 11.3 Å². The second-order valence-electron chi connectivity index (χ2n) is 4.78. The zero-order valence-corrected chi connectivity index (χ0v) is 13.7. The van der Waals surface area contributed by atoms with Gasteiger partial charge in [-0.15, -0.1) is 11.3 Å². The van der Waals surface area contributed by atoms with E-state index in [1.807, 2.05) is 17.9 Å². The van der Waals surface area contributed by atoms with Gasteiger partial charge in [-0.05, 0) is 26.3 Å². The van der Waals surface area contributed by atoms with Crippen LogP contribution in [0.25, 0.3) is 0 Å². The number of carboxylic acids is 1. The van der Waals surface area contributed by atoms with Gasteiger partial charge in [0.05, 0.1) is 18.6 Å². The van der Waals surface area contributed by atoms with Crippen molar-refractivity contribution in [3.8, 4) is 0 Å². The van der Waals surface area contributed by atoms with Crippen LogP contribution in [0.1, 0.15) is 48.3 Å². The zero-order valence-electron chi connectivity index (χ0n) is 12.8. The van der Waals surface area contributed by atoms with Crippen LogP contribution in [0.15, 0.2) is 6.07 Å². The van der Waals surface area contributed by atoms with E-state index in [1.165, 1.54) is 11.3 Å². The number of anilines is 1. The molecular formula is C15H23NO4S. The minimum atomic E-state index is -0.831. The highest BCUT2D eigenvalue weighted by Crippen LogP contribution is 2.32. The highest BCUT2D eigenvalue weighted by Gasteiger charge is 2.21. The van der Waals surface area contributed by atoms with Gasteiger partial charge in [0.1, 0.15) is 5.00 Å². The maximum atomic E-state index is 12.0. The van der Waals surface area contributed by atoms with Crippen molar-refractivity contribution in [1.82, 2.24) is 0 Å². The lowest BCUT2D eigenvalue weighted by atomic mass is 10.2. The van der Waals surface area contributed by atoms with Gasteiger partial charge < -0.3 is 14.7 Å². The molecule has 0 saturated heterocycles. The molecule has 0 radical (unpaired) electrons. The number of hydrogen-bond acceptors (Lipinski definition) is 5. The molecule has 1 aromatic rings. The van der Waals surface area contributed by atoms with Crippen LogP contribution in [-0.2, 0) is 9.53 Å². The number of carboxylic acid groups (broad SMARTS) is 1. The number of esters is 1. The van der Waals surface area contributed by atoms with Crippen molar-refractivity contribution in [2.45, 2.75) is 40.0 Å². The largest absolute Gasteiger partial charge is 0.481 e. The van der Waals surface area contributed by atoms with Crippen LogP contribution in [0, 0.1) is 6.92 Å². The quantitative estimate of drug-likeness (QED) is 0.708. The summed E-state index contributed by atoms with van der Waals surface area (Å²) >= 11 is 1.51. The summed E-state index contributed by atoms with van der Waals surface area (Å²) in [5.74, 6) is -1.17. The summed E-state index contributed by atoms with van der Waals surface area (Å²) in [6.45, 7) is 7.28. The number of hydrogen-bond donors (Lipinski definition) is 1. The predicted molar refractivity (Wildman–Crippen MR) is 84.4 cm³/mol. The molecule has 5 nitrogen and oxygen atoms in total. The summed E-state index contributed by atoms with van der Waals surface area (Å²) in [7, 11) is 0. The lowest BCUT2D eigenvalue weighted by Gasteiger charge is -2.23. The molecule has 0 aliphatic heterocycles. The average Bonchev–Trinajstić information content (AvgIpc) is 2.81. The van der Waals surface area contributed by atoms with Crippen molar-refractivity contribution >= 4 is 28.3 Å². The van der Waals surface area contributed by atoms with Gasteiger partial charge in [-0.1, -0.05) is 13.3 Å². The second-order valence-corrected chi connectivity index (χ2v) is 6.02. The maximum absolute atomic E-state index is 12.0. The molecule has 0 unspecified atom stereocenters.